The van der Waals surface area contributed by atoms with Crippen LogP contribution >= 0.6 is 0 Å². The fourth-order valence-electron chi connectivity index (χ4n) is 1.65. The van der Waals surface area contributed by atoms with Crippen LogP contribution in [0, 0.1) is 0 Å². The van der Waals surface area contributed by atoms with Gasteiger partial charge >= 0.3 is 0 Å². The van der Waals surface area contributed by atoms with Gasteiger partial charge in [0, 0.05) is 32.5 Å². The second-order valence-electron chi connectivity index (χ2n) is 3.80. The SMILES string of the molecule is CCN(CC)c1nc(NC)nc(-c2cnccn2)n1. The van der Waals surface area contributed by atoms with Gasteiger partial charge < -0.3 is 10.2 Å². The molecule has 0 unspecified atom stereocenters. The Morgan fingerprint density at radius 2 is 1.89 bits per heavy atom. The monoisotopic (exact) mass is 259 g/mol. The lowest BCUT2D eigenvalue weighted by atomic mass is 10.4. The Labute approximate surface area is 112 Å². The van der Waals surface area contributed by atoms with Gasteiger partial charge in [0.15, 0.2) is 5.82 Å². The van der Waals surface area contributed by atoms with Crippen LogP contribution < -0.4 is 10.2 Å². The quantitative estimate of drug-likeness (QED) is 0.864. The van der Waals surface area contributed by atoms with Crippen LogP contribution in [0.25, 0.3) is 11.5 Å². The summed E-state index contributed by atoms with van der Waals surface area (Å²) in [6.45, 7) is 5.80. The summed E-state index contributed by atoms with van der Waals surface area (Å²) in [5.74, 6) is 1.69. The number of anilines is 2. The molecule has 1 N–H and O–H groups in total. The lowest BCUT2D eigenvalue weighted by Gasteiger charge is -2.19. The van der Waals surface area contributed by atoms with Crippen molar-refractivity contribution in [2.45, 2.75) is 13.8 Å². The summed E-state index contributed by atoms with van der Waals surface area (Å²) in [5.41, 5.74) is 0.634. The third-order valence-corrected chi connectivity index (χ3v) is 2.69. The van der Waals surface area contributed by atoms with E-state index in [1.54, 1.807) is 25.6 Å². The third-order valence-electron chi connectivity index (χ3n) is 2.69. The van der Waals surface area contributed by atoms with Gasteiger partial charge in [-0.2, -0.15) is 15.0 Å². The number of nitrogens with zero attached hydrogens (tertiary/aromatic N) is 6. The van der Waals surface area contributed by atoms with Crippen molar-refractivity contribution in [2.24, 2.45) is 0 Å². The van der Waals surface area contributed by atoms with E-state index >= 15 is 0 Å². The molecular weight excluding hydrogens is 242 g/mol. The van der Waals surface area contributed by atoms with Gasteiger partial charge in [-0.15, -0.1) is 0 Å². The number of rotatable bonds is 5. The molecule has 0 atom stereocenters. The van der Waals surface area contributed by atoms with Crippen molar-refractivity contribution in [3.05, 3.63) is 18.6 Å². The van der Waals surface area contributed by atoms with Gasteiger partial charge in [-0.1, -0.05) is 0 Å². The van der Waals surface area contributed by atoms with Crippen LogP contribution in [0.2, 0.25) is 0 Å². The van der Waals surface area contributed by atoms with Crippen molar-refractivity contribution in [1.82, 2.24) is 24.9 Å². The van der Waals surface area contributed by atoms with Gasteiger partial charge in [0.2, 0.25) is 11.9 Å². The topological polar surface area (TPSA) is 79.7 Å². The number of hydrogen-bond donors (Lipinski definition) is 1. The van der Waals surface area contributed by atoms with Crippen LogP contribution in [0.15, 0.2) is 18.6 Å². The maximum absolute atomic E-state index is 4.45. The standard InChI is InChI=1S/C12H17N7/c1-4-19(5-2)12-17-10(16-11(13-3)18-12)9-8-14-6-7-15-9/h6-8H,4-5H2,1-3H3,(H,13,16,17,18). The molecule has 7 nitrogen and oxygen atoms in total. The molecule has 0 aliphatic rings. The van der Waals surface area contributed by atoms with Gasteiger partial charge in [-0.3, -0.25) is 4.98 Å². The molecule has 0 bridgehead atoms. The van der Waals surface area contributed by atoms with Gasteiger partial charge in [0.1, 0.15) is 5.69 Å². The maximum Gasteiger partial charge on any atom is 0.230 e. The highest BCUT2D eigenvalue weighted by Gasteiger charge is 2.12. The molecule has 100 valence electrons. The smallest absolute Gasteiger partial charge is 0.230 e. The molecule has 0 saturated carbocycles. The Balaban J connectivity index is 2.47. The van der Waals surface area contributed by atoms with E-state index in [4.69, 9.17) is 0 Å². The Hall–Kier alpha value is -2.31. The minimum atomic E-state index is 0.523. The van der Waals surface area contributed by atoms with Gasteiger partial charge in [0.05, 0.1) is 6.20 Å². The van der Waals surface area contributed by atoms with Crippen LogP contribution in [0.3, 0.4) is 0 Å². The second-order valence-corrected chi connectivity index (χ2v) is 3.80. The van der Waals surface area contributed by atoms with Crippen molar-refractivity contribution in [1.29, 1.82) is 0 Å². The zero-order valence-electron chi connectivity index (χ0n) is 11.3. The third kappa shape index (κ3) is 2.93. The van der Waals surface area contributed by atoms with E-state index < -0.39 is 0 Å². The average Bonchev–Trinajstić information content (AvgIpc) is 2.49. The largest absolute Gasteiger partial charge is 0.357 e. The van der Waals surface area contributed by atoms with Crippen LogP contribution in [0.4, 0.5) is 11.9 Å². The summed E-state index contributed by atoms with van der Waals surface area (Å²) in [6, 6.07) is 0. The average molecular weight is 259 g/mol. The molecule has 0 aliphatic carbocycles. The van der Waals surface area contributed by atoms with Crippen molar-refractivity contribution in [3.63, 3.8) is 0 Å². The van der Waals surface area contributed by atoms with Gasteiger partial charge in [0.25, 0.3) is 0 Å². The molecule has 2 aromatic heterocycles. The summed E-state index contributed by atoms with van der Waals surface area (Å²) in [6.07, 6.45) is 4.88. The first kappa shape index (κ1) is 13.1. The summed E-state index contributed by atoms with van der Waals surface area (Å²) < 4.78 is 0. The predicted molar refractivity (Wildman–Crippen MR) is 74.0 cm³/mol. The Morgan fingerprint density at radius 1 is 1.11 bits per heavy atom. The number of hydrogen-bond acceptors (Lipinski definition) is 7. The first-order chi connectivity index (χ1) is 9.28. The highest BCUT2D eigenvalue weighted by Crippen LogP contribution is 2.16. The summed E-state index contributed by atoms with van der Waals surface area (Å²) in [7, 11) is 1.78. The zero-order chi connectivity index (χ0) is 13.7. The normalized spacial score (nSPS) is 10.3. The van der Waals surface area contributed by atoms with Crippen molar-refractivity contribution >= 4 is 11.9 Å². The van der Waals surface area contributed by atoms with Crippen molar-refractivity contribution in [2.75, 3.05) is 30.4 Å². The van der Waals surface area contributed by atoms with E-state index in [2.05, 4.69) is 49.0 Å². The van der Waals surface area contributed by atoms with Gasteiger partial charge in [-0.05, 0) is 13.8 Å². The molecular formula is C12H17N7. The molecule has 2 aromatic rings. The molecule has 0 spiro atoms. The van der Waals surface area contributed by atoms with Crippen LogP contribution in [-0.4, -0.2) is 45.1 Å². The van der Waals surface area contributed by atoms with Crippen LogP contribution in [0.1, 0.15) is 13.8 Å². The first-order valence-electron chi connectivity index (χ1n) is 6.23. The molecule has 7 heteroatoms. The lowest BCUT2D eigenvalue weighted by Crippen LogP contribution is -2.25. The second kappa shape index (κ2) is 6.03. The molecule has 0 aromatic carbocycles. The summed E-state index contributed by atoms with van der Waals surface area (Å²) in [4.78, 5) is 23.4. The van der Waals surface area contributed by atoms with Crippen molar-refractivity contribution in [3.8, 4) is 11.5 Å². The number of nitrogens with one attached hydrogen (secondary N) is 1. The molecule has 0 fully saturated rings. The highest BCUT2D eigenvalue weighted by molar-refractivity contribution is 5.52. The molecule has 2 rings (SSSR count). The van der Waals surface area contributed by atoms with E-state index in [-0.39, 0.29) is 0 Å². The summed E-state index contributed by atoms with van der Waals surface area (Å²) in [5, 5.41) is 2.94. The minimum absolute atomic E-state index is 0.523. The summed E-state index contributed by atoms with van der Waals surface area (Å²) >= 11 is 0. The zero-order valence-corrected chi connectivity index (χ0v) is 11.3. The molecule has 0 saturated heterocycles. The fraction of sp³-hybridized carbons (Fsp3) is 0.417. The van der Waals surface area contributed by atoms with E-state index in [9.17, 15) is 0 Å². The van der Waals surface area contributed by atoms with Gasteiger partial charge in [-0.25, -0.2) is 4.98 Å². The maximum atomic E-state index is 4.45. The van der Waals surface area contributed by atoms with Crippen molar-refractivity contribution < 1.29 is 0 Å². The fourth-order valence-corrected chi connectivity index (χ4v) is 1.65. The predicted octanol–water partition coefficient (Wildman–Crippen LogP) is 1.22. The Kier molecular flexibility index (Phi) is 4.17. The Bertz CT molecular complexity index is 525. The molecule has 0 aliphatic heterocycles. The highest BCUT2D eigenvalue weighted by atomic mass is 15.3. The molecule has 0 amide bonds. The first-order valence-corrected chi connectivity index (χ1v) is 6.23. The minimum Gasteiger partial charge on any atom is -0.357 e. The lowest BCUT2D eigenvalue weighted by molar-refractivity contribution is 0.814. The van der Waals surface area contributed by atoms with E-state index in [0.717, 1.165) is 13.1 Å². The number of aromatic nitrogens is 5. The van der Waals surface area contributed by atoms with Crippen LogP contribution in [0.5, 0.6) is 0 Å². The molecule has 2 heterocycles. The van der Waals surface area contributed by atoms with E-state index in [0.29, 0.717) is 23.4 Å². The molecule has 0 radical (unpaired) electrons. The Morgan fingerprint density at radius 3 is 2.47 bits per heavy atom. The van der Waals surface area contributed by atoms with Crippen LogP contribution in [-0.2, 0) is 0 Å². The van der Waals surface area contributed by atoms with E-state index in [1.807, 2.05) is 0 Å². The molecule has 19 heavy (non-hydrogen) atoms. The van der Waals surface area contributed by atoms with E-state index in [1.165, 1.54) is 0 Å².